The molecule has 1 heterocycles. The van der Waals surface area contributed by atoms with Crippen molar-refractivity contribution in [3.63, 3.8) is 0 Å². The zero-order valence-corrected chi connectivity index (χ0v) is 10.5. The summed E-state index contributed by atoms with van der Waals surface area (Å²) in [4.78, 5) is 0. The summed E-state index contributed by atoms with van der Waals surface area (Å²) < 4.78 is 20.6. The van der Waals surface area contributed by atoms with Gasteiger partial charge >= 0.3 is 0 Å². The first-order valence-corrected chi connectivity index (χ1v) is 6.11. The highest BCUT2D eigenvalue weighted by Crippen LogP contribution is 2.04. The number of benzene rings is 1. The van der Waals surface area contributed by atoms with E-state index in [1.807, 2.05) is 30.3 Å². The summed E-state index contributed by atoms with van der Waals surface area (Å²) in [6.45, 7) is 0.651. The number of rotatable bonds is 7. The van der Waals surface area contributed by atoms with Crippen molar-refractivity contribution in [2.24, 2.45) is 5.73 Å². The van der Waals surface area contributed by atoms with Gasteiger partial charge < -0.3 is 10.5 Å². The summed E-state index contributed by atoms with van der Waals surface area (Å²) in [6, 6.07) is 8.97. The number of hydrogen-bond acceptors (Lipinski definition) is 4. The van der Waals surface area contributed by atoms with Crippen LogP contribution >= 0.6 is 0 Å². The van der Waals surface area contributed by atoms with Gasteiger partial charge in [-0.25, -0.2) is 4.39 Å². The maximum atomic E-state index is 13.8. The minimum Gasteiger partial charge on any atom is -0.374 e. The first-order valence-electron chi connectivity index (χ1n) is 6.11. The van der Waals surface area contributed by atoms with Crippen molar-refractivity contribution in [3.05, 3.63) is 48.3 Å². The second-order valence-corrected chi connectivity index (χ2v) is 4.31. The van der Waals surface area contributed by atoms with Crippen LogP contribution in [0.4, 0.5) is 4.39 Å². The highest BCUT2D eigenvalue weighted by atomic mass is 19.1. The molecule has 0 aliphatic carbocycles. The molecule has 0 aliphatic heterocycles. The first-order chi connectivity index (χ1) is 9.25. The number of nitrogens with zero attached hydrogens (tertiary/aromatic N) is 3. The third kappa shape index (κ3) is 4.42. The van der Waals surface area contributed by atoms with Crippen molar-refractivity contribution in [2.45, 2.75) is 25.4 Å². The number of aromatic nitrogens is 3. The average Bonchev–Trinajstić information content (AvgIpc) is 2.92. The van der Waals surface area contributed by atoms with Crippen molar-refractivity contribution >= 4 is 0 Å². The summed E-state index contributed by atoms with van der Waals surface area (Å²) >= 11 is 0. The van der Waals surface area contributed by atoms with Gasteiger partial charge in [0.05, 0.1) is 32.0 Å². The highest BCUT2D eigenvalue weighted by molar-refractivity contribution is 5.13. The van der Waals surface area contributed by atoms with Gasteiger partial charge in [0.25, 0.3) is 0 Å². The minimum absolute atomic E-state index is 0.0231. The smallest absolute Gasteiger partial charge is 0.140 e. The van der Waals surface area contributed by atoms with Crippen LogP contribution in [0.1, 0.15) is 5.56 Å². The van der Waals surface area contributed by atoms with Gasteiger partial charge in [0.2, 0.25) is 0 Å². The normalized spacial score (nSPS) is 14.2. The predicted molar refractivity (Wildman–Crippen MR) is 69.0 cm³/mol. The molecule has 0 fully saturated rings. The van der Waals surface area contributed by atoms with Gasteiger partial charge in [-0.2, -0.15) is 0 Å². The van der Waals surface area contributed by atoms with Gasteiger partial charge in [-0.05, 0) is 5.56 Å². The molecule has 102 valence electrons. The standard InChI is InChI=1S/C13H17FN4O/c14-12(13(15)8-18-7-6-16-17-18)10-19-9-11-4-2-1-3-5-11/h1-7,12-13H,8-10,15H2/t12-,13-/m1/s1. The molecule has 0 unspecified atom stereocenters. The molecule has 1 aromatic heterocycles. The summed E-state index contributed by atoms with van der Waals surface area (Å²) in [6.07, 6.45) is 1.96. The Labute approximate surface area is 111 Å². The fraction of sp³-hybridized carbons (Fsp3) is 0.385. The van der Waals surface area contributed by atoms with Crippen LogP contribution in [0.5, 0.6) is 0 Å². The van der Waals surface area contributed by atoms with Crippen LogP contribution in [0.3, 0.4) is 0 Å². The van der Waals surface area contributed by atoms with E-state index < -0.39 is 12.2 Å². The Morgan fingerprint density at radius 1 is 1.32 bits per heavy atom. The van der Waals surface area contributed by atoms with Gasteiger partial charge in [-0.3, -0.25) is 4.68 Å². The second-order valence-electron chi connectivity index (χ2n) is 4.31. The van der Waals surface area contributed by atoms with Gasteiger partial charge in [0, 0.05) is 6.20 Å². The molecule has 2 rings (SSSR count). The third-order valence-corrected chi connectivity index (χ3v) is 2.72. The zero-order chi connectivity index (χ0) is 13.5. The van der Waals surface area contributed by atoms with Crippen molar-refractivity contribution in [1.29, 1.82) is 0 Å². The molecule has 1 aromatic carbocycles. The largest absolute Gasteiger partial charge is 0.374 e. The summed E-state index contributed by atoms with van der Waals surface area (Å²) in [7, 11) is 0. The summed E-state index contributed by atoms with van der Waals surface area (Å²) in [5.41, 5.74) is 6.76. The average molecular weight is 264 g/mol. The van der Waals surface area contributed by atoms with Gasteiger partial charge in [0.15, 0.2) is 0 Å². The van der Waals surface area contributed by atoms with Crippen LogP contribution in [0, 0.1) is 0 Å². The van der Waals surface area contributed by atoms with E-state index in [0.717, 1.165) is 5.56 Å². The van der Waals surface area contributed by atoms with Crippen molar-refractivity contribution in [2.75, 3.05) is 6.61 Å². The van der Waals surface area contributed by atoms with E-state index in [1.165, 1.54) is 10.9 Å². The Morgan fingerprint density at radius 3 is 2.79 bits per heavy atom. The number of hydrogen-bond donors (Lipinski definition) is 1. The van der Waals surface area contributed by atoms with Crippen LogP contribution in [0.25, 0.3) is 0 Å². The molecule has 0 bridgehead atoms. The number of alkyl halides is 1. The van der Waals surface area contributed by atoms with Crippen molar-refractivity contribution in [1.82, 2.24) is 15.0 Å². The maximum absolute atomic E-state index is 13.8. The molecule has 0 radical (unpaired) electrons. The van der Waals surface area contributed by atoms with Crippen LogP contribution in [0.2, 0.25) is 0 Å². The predicted octanol–water partition coefficient (Wildman–Crippen LogP) is 1.16. The van der Waals surface area contributed by atoms with Crippen LogP contribution in [0.15, 0.2) is 42.7 Å². The molecule has 0 amide bonds. The number of halogens is 1. The van der Waals surface area contributed by atoms with Crippen LogP contribution < -0.4 is 5.73 Å². The molecule has 0 spiro atoms. The van der Waals surface area contributed by atoms with Crippen molar-refractivity contribution in [3.8, 4) is 0 Å². The molecule has 5 nitrogen and oxygen atoms in total. The highest BCUT2D eigenvalue weighted by Gasteiger charge is 2.17. The Morgan fingerprint density at radius 2 is 2.11 bits per heavy atom. The van der Waals surface area contributed by atoms with E-state index in [-0.39, 0.29) is 13.2 Å². The molecule has 2 N–H and O–H groups in total. The summed E-state index contributed by atoms with van der Waals surface area (Å²) in [5, 5.41) is 7.39. The lowest BCUT2D eigenvalue weighted by Crippen LogP contribution is -2.38. The van der Waals surface area contributed by atoms with E-state index in [4.69, 9.17) is 10.5 Å². The van der Waals surface area contributed by atoms with Gasteiger partial charge in [-0.1, -0.05) is 35.5 Å². The molecular formula is C13H17FN4O. The maximum Gasteiger partial charge on any atom is 0.140 e. The minimum atomic E-state index is -1.23. The van der Waals surface area contributed by atoms with Gasteiger partial charge in [0.1, 0.15) is 6.17 Å². The summed E-state index contributed by atoms with van der Waals surface area (Å²) in [5.74, 6) is 0. The Kier molecular flexibility index (Phi) is 5.00. The third-order valence-electron chi connectivity index (χ3n) is 2.72. The monoisotopic (exact) mass is 264 g/mol. The van der Waals surface area contributed by atoms with E-state index in [9.17, 15) is 4.39 Å². The topological polar surface area (TPSA) is 66.0 Å². The quantitative estimate of drug-likeness (QED) is 0.815. The Bertz CT molecular complexity index is 463. The fourth-order valence-electron chi connectivity index (χ4n) is 1.65. The lowest BCUT2D eigenvalue weighted by molar-refractivity contribution is 0.0566. The van der Waals surface area contributed by atoms with Crippen LogP contribution in [-0.2, 0) is 17.9 Å². The van der Waals surface area contributed by atoms with Crippen LogP contribution in [-0.4, -0.2) is 33.8 Å². The molecular weight excluding hydrogens is 247 g/mol. The number of ether oxygens (including phenoxy) is 1. The van der Waals surface area contributed by atoms with E-state index >= 15 is 0 Å². The zero-order valence-electron chi connectivity index (χ0n) is 10.5. The molecule has 2 aromatic rings. The van der Waals surface area contributed by atoms with E-state index in [2.05, 4.69) is 10.3 Å². The lowest BCUT2D eigenvalue weighted by Gasteiger charge is -2.16. The lowest BCUT2D eigenvalue weighted by atomic mass is 10.2. The SMILES string of the molecule is N[C@H](Cn1ccnn1)[C@H](F)COCc1ccccc1. The molecule has 2 atom stereocenters. The Balaban J connectivity index is 1.70. The van der Waals surface area contributed by atoms with E-state index in [0.29, 0.717) is 6.61 Å². The van der Waals surface area contributed by atoms with E-state index in [1.54, 1.807) is 6.20 Å². The first kappa shape index (κ1) is 13.6. The molecule has 0 saturated carbocycles. The second kappa shape index (κ2) is 6.96. The molecule has 0 aliphatic rings. The molecule has 0 saturated heterocycles. The molecule has 6 heteroatoms. The molecule has 19 heavy (non-hydrogen) atoms. The van der Waals surface area contributed by atoms with Crippen molar-refractivity contribution < 1.29 is 9.13 Å². The fourth-order valence-corrected chi connectivity index (χ4v) is 1.65. The Hall–Kier alpha value is -1.79. The van der Waals surface area contributed by atoms with Gasteiger partial charge in [-0.15, -0.1) is 5.10 Å². The number of nitrogens with two attached hydrogens (primary N) is 1.